The van der Waals surface area contributed by atoms with Gasteiger partial charge in [-0.15, -0.1) is 12.4 Å². The van der Waals surface area contributed by atoms with Crippen molar-refractivity contribution >= 4 is 24.0 Å². The fourth-order valence-electron chi connectivity index (χ4n) is 2.14. The minimum absolute atomic E-state index is 0. The normalized spacial score (nSPS) is 10.1. The standard InChI is InChI=1S/C17H21N3O.ClH/c1-13(2)20(12-14-6-4-3-5-7-14)17(21)10-16-9-8-15(18)11-19-16;/h3-9,11,13H,10,12,18H2,1-2H3;1H. The molecule has 118 valence electrons. The van der Waals surface area contributed by atoms with E-state index >= 15 is 0 Å². The van der Waals surface area contributed by atoms with Gasteiger partial charge < -0.3 is 10.6 Å². The average molecular weight is 320 g/mol. The third-order valence-electron chi connectivity index (χ3n) is 3.32. The third kappa shape index (κ3) is 5.04. The number of nitrogens with two attached hydrogens (primary N) is 1. The number of aromatic nitrogens is 1. The van der Waals surface area contributed by atoms with Gasteiger partial charge in [-0.05, 0) is 31.5 Å². The number of halogens is 1. The Labute approximate surface area is 137 Å². The van der Waals surface area contributed by atoms with Crippen LogP contribution in [-0.2, 0) is 17.8 Å². The molecule has 0 aliphatic heterocycles. The molecule has 0 aliphatic carbocycles. The van der Waals surface area contributed by atoms with Crippen LogP contribution in [-0.4, -0.2) is 21.8 Å². The number of benzene rings is 1. The lowest BCUT2D eigenvalue weighted by Gasteiger charge is -2.27. The molecule has 5 heteroatoms. The third-order valence-corrected chi connectivity index (χ3v) is 3.32. The van der Waals surface area contributed by atoms with Gasteiger partial charge in [0.05, 0.1) is 18.3 Å². The zero-order chi connectivity index (χ0) is 15.2. The highest BCUT2D eigenvalue weighted by molar-refractivity contribution is 5.85. The van der Waals surface area contributed by atoms with Gasteiger partial charge in [0, 0.05) is 18.3 Å². The highest BCUT2D eigenvalue weighted by atomic mass is 35.5. The lowest BCUT2D eigenvalue weighted by molar-refractivity contribution is -0.132. The van der Waals surface area contributed by atoms with Crippen molar-refractivity contribution in [2.45, 2.75) is 32.9 Å². The smallest absolute Gasteiger partial charge is 0.229 e. The molecule has 2 rings (SSSR count). The van der Waals surface area contributed by atoms with Gasteiger partial charge in [-0.3, -0.25) is 9.78 Å². The predicted octanol–water partition coefficient (Wildman–Crippen LogP) is 3.07. The quantitative estimate of drug-likeness (QED) is 0.921. The molecule has 0 spiro atoms. The maximum absolute atomic E-state index is 12.5. The van der Waals surface area contributed by atoms with E-state index in [0.717, 1.165) is 11.3 Å². The molecule has 0 saturated carbocycles. The summed E-state index contributed by atoms with van der Waals surface area (Å²) in [5, 5.41) is 0. The number of nitrogen functional groups attached to an aromatic ring is 1. The van der Waals surface area contributed by atoms with Gasteiger partial charge in [0.25, 0.3) is 0 Å². The summed E-state index contributed by atoms with van der Waals surface area (Å²) in [5.41, 5.74) is 8.09. The van der Waals surface area contributed by atoms with Crippen molar-refractivity contribution in [2.75, 3.05) is 5.73 Å². The molecule has 2 aromatic rings. The molecule has 0 unspecified atom stereocenters. The van der Waals surface area contributed by atoms with E-state index in [1.165, 1.54) is 0 Å². The molecule has 1 aromatic heterocycles. The number of carbonyl (C=O) groups excluding carboxylic acids is 1. The molecule has 4 nitrogen and oxygen atoms in total. The van der Waals surface area contributed by atoms with Crippen LogP contribution in [0, 0.1) is 0 Å². The first kappa shape index (κ1) is 18.0. The van der Waals surface area contributed by atoms with Gasteiger partial charge >= 0.3 is 0 Å². The van der Waals surface area contributed by atoms with Crippen molar-refractivity contribution in [2.24, 2.45) is 0 Å². The van der Waals surface area contributed by atoms with Crippen LogP contribution >= 0.6 is 12.4 Å². The molecular weight excluding hydrogens is 298 g/mol. The van der Waals surface area contributed by atoms with Gasteiger partial charge in [-0.1, -0.05) is 30.3 Å². The highest BCUT2D eigenvalue weighted by Gasteiger charge is 2.18. The second-order valence-corrected chi connectivity index (χ2v) is 5.36. The minimum Gasteiger partial charge on any atom is -0.397 e. The number of amides is 1. The first-order valence-electron chi connectivity index (χ1n) is 7.10. The SMILES string of the molecule is CC(C)N(Cc1ccccc1)C(=O)Cc1ccc(N)cn1.Cl. The molecule has 0 atom stereocenters. The van der Waals surface area contributed by atoms with E-state index in [9.17, 15) is 4.79 Å². The van der Waals surface area contributed by atoms with Crippen LogP contribution < -0.4 is 5.73 Å². The summed E-state index contributed by atoms with van der Waals surface area (Å²) in [6.07, 6.45) is 1.88. The van der Waals surface area contributed by atoms with Crippen LogP contribution in [0.1, 0.15) is 25.1 Å². The number of nitrogens with zero attached hydrogens (tertiary/aromatic N) is 2. The number of hydrogen-bond donors (Lipinski definition) is 1. The number of carbonyl (C=O) groups is 1. The van der Waals surface area contributed by atoms with Crippen LogP contribution in [0.15, 0.2) is 48.7 Å². The van der Waals surface area contributed by atoms with Gasteiger partial charge in [0.1, 0.15) is 0 Å². The lowest BCUT2D eigenvalue weighted by atomic mass is 10.1. The predicted molar refractivity (Wildman–Crippen MR) is 91.7 cm³/mol. The average Bonchev–Trinajstić information content (AvgIpc) is 2.48. The fraction of sp³-hybridized carbons (Fsp3) is 0.294. The first-order valence-corrected chi connectivity index (χ1v) is 7.10. The van der Waals surface area contributed by atoms with Crippen molar-refractivity contribution < 1.29 is 4.79 Å². The van der Waals surface area contributed by atoms with E-state index in [1.807, 2.05) is 49.1 Å². The Balaban J connectivity index is 0.00000242. The van der Waals surface area contributed by atoms with E-state index < -0.39 is 0 Å². The maximum Gasteiger partial charge on any atom is 0.229 e. The van der Waals surface area contributed by atoms with Crippen LogP contribution in [0.3, 0.4) is 0 Å². The Hall–Kier alpha value is -2.07. The molecule has 2 N–H and O–H groups in total. The molecule has 1 amide bonds. The van der Waals surface area contributed by atoms with E-state index in [2.05, 4.69) is 4.98 Å². The van der Waals surface area contributed by atoms with Crippen LogP contribution in [0.4, 0.5) is 5.69 Å². The highest BCUT2D eigenvalue weighted by Crippen LogP contribution is 2.11. The Bertz CT molecular complexity index is 585. The summed E-state index contributed by atoms with van der Waals surface area (Å²) in [5.74, 6) is 0.0751. The number of rotatable bonds is 5. The number of hydrogen-bond acceptors (Lipinski definition) is 3. The van der Waals surface area contributed by atoms with Crippen LogP contribution in [0.5, 0.6) is 0 Å². The summed E-state index contributed by atoms with van der Waals surface area (Å²) < 4.78 is 0. The van der Waals surface area contributed by atoms with Crippen molar-refractivity contribution in [1.82, 2.24) is 9.88 Å². The summed E-state index contributed by atoms with van der Waals surface area (Å²) in [6.45, 7) is 4.67. The Morgan fingerprint density at radius 2 is 1.86 bits per heavy atom. The molecule has 0 aliphatic rings. The van der Waals surface area contributed by atoms with Gasteiger partial charge in [-0.25, -0.2) is 0 Å². The van der Waals surface area contributed by atoms with Crippen molar-refractivity contribution in [3.63, 3.8) is 0 Å². The zero-order valence-electron chi connectivity index (χ0n) is 12.9. The van der Waals surface area contributed by atoms with E-state index in [0.29, 0.717) is 18.7 Å². The summed E-state index contributed by atoms with van der Waals surface area (Å²) in [6, 6.07) is 13.7. The molecule has 0 fully saturated rings. The zero-order valence-corrected chi connectivity index (χ0v) is 13.7. The Kier molecular flexibility index (Phi) is 6.86. The first-order chi connectivity index (χ1) is 10.1. The van der Waals surface area contributed by atoms with Crippen LogP contribution in [0.25, 0.3) is 0 Å². The van der Waals surface area contributed by atoms with E-state index in [4.69, 9.17) is 5.73 Å². The van der Waals surface area contributed by atoms with Crippen molar-refractivity contribution in [3.05, 3.63) is 59.9 Å². The summed E-state index contributed by atoms with van der Waals surface area (Å²) >= 11 is 0. The number of pyridine rings is 1. The molecule has 0 bridgehead atoms. The molecule has 0 saturated heterocycles. The number of anilines is 1. The second-order valence-electron chi connectivity index (χ2n) is 5.36. The van der Waals surface area contributed by atoms with Crippen LogP contribution in [0.2, 0.25) is 0 Å². The van der Waals surface area contributed by atoms with Gasteiger partial charge in [0.15, 0.2) is 0 Å². The lowest BCUT2D eigenvalue weighted by Crippen LogP contribution is -2.37. The maximum atomic E-state index is 12.5. The topological polar surface area (TPSA) is 59.2 Å². The van der Waals surface area contributed by atoms with Gasteiger partial charge in [-0.2, -0.15) is 0 Å². The molecule has 1 heterocycles. The van der Waals surface area contributed by atoms with E-state index in [1.54, 1.807) is 18.3 Å². The molecule has 1 aromatic carbocycles. The second kappa shape index (κ2) is 8.39. The van der Waals surface area contributed by atoms with Crippen molar-refractivity contribution in [3.8, 4) is 0 Å². The Morgan fingerprint density at radius 1 is 1.18 bits per heavy atom. The van der Waals surface area contributed by atoms with Crippen molar-refractivity contribution in [1.29, 1.82) is 0 Å². The minimum atomic E-state index is 0. The molecule has 22 heavy (non-hydrogen) atoms. The molecular formula is C17H22ClN3O. The van der Waals surface area contributed by atoms with Gasteiger partial charge in [0.2, 0.25) is 5.91 Å². The summed E-state index contributed by atoms with van der Waals surface area (Å²) in [4.78, 5) is 18.6. The Morgan fingerprint density at radius 3 is 2.41 bits per heavy atom. The largest absolute Gasteiger partial charge is 0.397 e. The summed E-state index contributed by atoms with van der Waals surface area (Å²) in [7, 11) is 0. The molecule has 0 radical (unpaired) electrons. The van der Waals surface area contributed by atoms with E-state index in [-0.39, 0.29) is 24.4 Å². The fourth-order valence-corrected chi connectivity index (χ4v) is 2.14. The monoisotopic (exact) mass is 319 g/mol.